The Kier molecular flexibility index (Phi) is 5.39. The van der Waals surface area contributed by atoms with Crippen LogP contribution in [0.4, 0.5) is 0 Å². The number of carbonyl (C=O) groups excluding carboxylic acids is 1. The summed E-state index contributed by atoms with van der Waals surface area (Å²) >= 11 is 1.60. The van der Waals surface area contributed by atoms with Crippen molar-refractivity contribution in [1.29, 1.82) is 0 Å². The lowest BCUT2D eigenvalue weighted by Crippen LogP contribution is -2.13. The number of thioether (sulfide) groups is 1. The predicted molar refractivity (Wildman–Crippen MR) is 68.6 cm³/mol. The van der Waals surface area contributed by atoms with Gasteiger partial charge in [0.05, 0.1) is 11.9 Å². The Morgan fingerprint density at radius 3 is 2.69 bits per heavy atom. The number of rotatable bonds is 5. The van der Waals surface area contributed by atoms with Crippen molar-refractivity contribution in [3.05, 3.63) is 35.4 Å². The summed E-state index contributed by atoms with van der Waals surface area (Å²) in [6.45, 7) is 5.82. The van der Waals surface area contributed by atoms with Crippen LogP contribution in [0.15, 0.2) is 24.3 Å². The molecule has 0 aliphatic rings. The average molecular weight is 238 g/mol. The van der Waals surface area contributed by atoms with Gasteiger partial charge in [-0.2, -0.15) is 0 Å². The van der Waals surface area contributed by atoms with E-state index in [0.717, 1.165) is 5.75 Å². The molecular weight excluding hydrogens is 220 g/mol. The van der Waals surface area contributed by atoms with Crippen LogP contribution in [0.1, 0.15) is 25.0 Å². The van der Waals surface area contributed by atoms with Crippen LogP contribution in [0, 0.1) is 6.92 Å². The highest BCUT2D eigenvalue weighted by Gasteiger charge is 2.06. The van der Waals surface area contributed by atoms with Crippen LogP contribution in [0.25, 0.3) is 0 Å². The monoisotopic (exact) mass is 238 g/mol. The zero-order chi connectivity index (χ0) is 12.0. The maximum absolute atomic E-state index is 11.3. The van der Waals surface area contributed by atoms with Gasteiger partial charge in [-0.05, 0) is 31.9 Å². The highest BCUT2D eigenvalue weighted by Crippen LogP contribution is 2.15. The molecular formula is C13H18O2S. The number of hydrogen-bond donors (Lipinski definition) is 0. The Labute approximate surface area is 101 Å². The highest BCUT2D eigenvalue weighted by atomic mass is 32.2. The van der Waals surface area contributed by atoms with Gasteiger partial charge in [-0.1, -0.05) is 24.3 Å². The molecule has 0 amide bonds. The Bertz CT molecular complexity index is 348. The molecule has 0 N–H and O–H groups in total. The van der Waals surface area contributed by atoms with E-state index in [-0.39, 0.29) is 12.1 Å². The molecule has 1 rings (SSSR count). The lowest BCUT2D eigenvalue weighted by atomic mass is 10.1. The molecule has 0 spiro atoms. The molecule has 0 bridgehead atoms. The molecule has 2 nitrogen and oxygen atoms in total. The molecule has 3 heteroatoms. The zero-order valence-electron chi connectivity index (χ0n) is 10.0. The molecule has 88 valence electrons. The van der Waals surface area contributed by atoms with Crippen molar-refractivity contribution in [2.24, 2.45) is 0 Å². The molecule has 0 saturated carbocycles. The Morgan fingerprint density at radius 2 is 2.06 bits per heavy atom. The number of ether oxygens (including phenoxy) is 1. The van der Waals surface area contributed by atoms with E-state index in [1.54, 1.807) is 11.8 Å². The van der Waals surface area contributed by atoms with Crippen LogP contribution in [0.3, 0.4) is 0 Å². The van der Waals surface area contributed by atoms with E-state index in [1.807, 2.05) is 26.0 Å². The smallest absolute Gasteiger partial charge is 0.316 e. The number of hydrogen-bond acceptors (Lipinski definition) is 3. The molecule has 16 heavy (non-hydrogen) atoms. The van der Waals surface area contributed by atoms with E-state index in [9.17, 15) is 4.79 Å². The van der Waals surface area contributed by atoms with Gasteiger partial charge in [0.15, 0.2) is 0 Å². The lowest BCUT2D eigenvalue weighted by molar-refractivity contribution is -0.144. The molecule has 0 unspecified atom stereocenters. The van der Waals surface area contributed by atoms with E-state index < -0.39 is 0 Å². The zero-order valence-corrected chi connectivity index (χ0v) is 10.8. The van der Waals surface area contributed by atoms with Gasteiger partial charge in [-0.25, -0.2) is 0 Å². The quantitative estimate of drug-likeness (QED) is 0.737. The van der Waals surface area contributed by atoms with Gasteiger partial charge >= 0.3 is 5.97 Å². The van der Waals surface area contributed by atoms with Crippen molar-refractivity contribution in [1.82, 2.24) is 0 Å². The van der Waals surface area contributed by atoms with Gasteiger partial charge in [0.2, 0.25) is 0 Å². The van der Waals surface area contributed by atoms with Crippen molar-refractivity contribution in [2.75, 3.05) is 5.75 Å². The van der Waals surface area contributed by atoms with Crippen LogP contribution in [-0.4, -0.2) is 17.8 Å². The van der Waals surface area contributed by atoms with Gasteiger partial charge in [0.25, 0.3) is 0 Å². The summed E-state index contributed by atoms with van der Waals surface area (Å²) in [5.74, 6) is 1.15. The van der Waals surface area contributed by atoms with Crippen molar-refractivity contribution in [3.8, 4) is 0 Å². The minimum Gasteiger partial charge on any atom is -0.462 e. The second-order valence-electron chi connectivity index (χ2n) is 3.96. The van der Waals surface area contributed by atoms with E-state index in [1.165, 1.54) is 11.1 Å². The van der Waals surface area contributed by atoms with E-state index >= 15 is 0 Å². The largest absolute Gasteiger partial charge is 0.462 e. The highest BCUT2D eigenvalue weighted by molar-refractivity contribution is 7.99. The Hall–Kier alpha value is -0.960. The summed E-state index contributed by atoms with van der Waals surface area (Å²) in [6, 6.07) is 8.23. The Balaban J connectivity index is 2.31. The normalized spacial score (nSPS) is 10.5. The van der Waals surface area contributed by atoms with Crippen LogP contribution in [-0.2, 0) is 15.3 Å². The maximum atomic E-state index is 11.3. The van der Waals surface area contributed by atoms with Gasteiger partial charge in [-0.3, -0.25) is 4.79 Å². The van der Waals surface area contributed by atoms with Gasteiger partial charge in [0, 0.05) is 5.75 Å². The maximum Gasteiger partial charge on any atom is 0.316 e. The molecule has 1 aromatic carbocycles. The van der Waals surface area contributed by atoms with E-state index in [4.69, 9.17) is 4.74 Å². The van der Waals surface area contributed by atoms with Crippen molar-refractivity contribution in [3.63, 3.8) is 0 Å². The Morgan fingerprint density at radius 1 is 1.38 bits per heavy atom. The van der Waals surface area contributed by atoms with Crippen molar-refractivity contribution in [2.45, 2.75) is 32.6 Å². The third-order valence-electron chi connectivity index (χ3n) is 2.11. The second-order valence-corrected chi connectivity index (χ2v) is 4.94. The van der Waals surface area contributed by atoms with Crippen LogP contribution < -0.4 is 0 Å². The summed E-state index contributed by atoms with van der Waals surface area (Å²) in [6.07, 6.45) is -0.0217. The summed E-state index contributed by atoms with van der Waals surface area (Å²) < 4.78 is 5.06. The summed E-state index contributed by atoms with van der Waals surface area (Å²) in [5, 5.41) is 0. The molecule has 0 fully saturated rings. The third-order valence-corrected chi connectivity index (χ3v) is 3.06. The average Bonchev–Trinajstić information content (AvgIpc) is 2.19. The molecule has 0 atom stereocenters. The van der Waals surface area contributed by atoms with Crippen LogP contribution >= 0.6 is 11.8 Å². The summed E-state index contributed by atoms with van der Waals surface area (Å²) in [5.41, 5.74) is 2.55. The van der Waals surface area contributed by atoms with Crippen molar-refractivity contribution < 1.29 is 9.53 Å². The molecule has 0 aliphatic heterocycles. The number of aryl methyl sites for hydroxylation is 1. The molecule has 0 saturated heterocycles. The standard InChI is InChI=1S/C13H18O2S/c1-10(2)15-13(14)9-16-8-12-7-5-4-6-11(12)3/h4-7,10H,8-9H2,1-3H3. The topological polar surface area (TPSA) is 26.3 Å². The first-order valence-corrected chi connectivity index (χ1v) is 6.57. The first-order valence-electron chi connectivity index (χ1n) is 5.41. The summed E-state index contributed by atoms with van der Waals surface area (Å²) in [7, 11) is 0. The number of benzene rings is 1. The molecule has 0 heterocycles. The number of esters is 1. The summed E-state index contributed by atoms with van der Waals surface area (Å²) in [4.78, 5) is 11.3. The molecule has 1 aromatic rings. The predicted octanol–water partition coefficient (Wildman–Crippen LogP) is 3.18. The SMILES string of the molecule is Cc1ccccc1CSCC(=O)OC(C)C. The first-order chi connectivity index (χ1) is 7.59. The van der Waals surface area contributed by atoms with E-state index in [2.05, 4.69) is 19.1 Å². The minimum absolute atomic E-state index is 0.0217. The van der Waals surface area contributed by atoms with E-state index in [0.29, 0.717) is 5.75 Å². The fraction of sp³-hybridized carbons (Fsp3) is 0.462. The van der Waals surface area contributed by atoms with Crippen molar-refractivity contribution >= 4 is 17.7 Å². The molecule has 0 aromatic heterocycles. The lowest BCUT2D eigenvalue weighted by Gasteiger charge is -2.08. The molecule has 0 radical (unpaired) electrons. The van der Waals surface area contributed by atoms with Crippen LogP contribution in [0.5, 0.6) is 0 Å². The van der Waals surface area contributed by atoms with Crippen LogP contribution in [0.2, 0.25) is 0 Å². The molecule has 0 aliphatic carbocycles. The van der Waals surface area contributed by atoms with Gasteiger partial charge in [0.1, 0.15) is 0 Å². The second kappa shape index (κ2) is 6.59. The van der Waals surface area contributed by atoms with Gasteiger partial charge < -0.3 is 4.74 Å². The minimum atomic E-state index is -0.131. The fourth-order valence-corrected chi connectivity index (χ4v) is 2.19. The first kappa shape index (κ1) is 13.1. The number of carbonyl (C=O) groups is 1. The third kappa shape index (κ3) is 4.71. The van der Waals surface area contributed by atoms with Gasteiger partial charge in [-0.15, -0.1) is 11.8 Å². The fourth-order valence-electron chi connectivity index (χ4n) is 1.31.